The lowest BCUT2D eigenvalue weighted by atomic mass is 10.0. The topological polar surface area (TPSA) is 63.2 Å². The van der Waals surface area contributed by atoms with E-state index in [9.17, 15) is 4.79 Å². The summed E-state index contributed by atoms with van der Waals surface area (Å²) < 4.78 is 28.6. The van der Waals surface area contributed by atoms with E-state index in [0.29, 0.717) is 13.2 Å². The molecule has 3 aliphatic rings. The Labute approximate surface area is 141 Å². The van der Waals surface area contributed by atoms with E-state index in [1.807, 2.05) is 37.3 Å². The smallest absolute Gasteiger partial charge is 0.309 e. The summed E-state index contributed by atoms with van der Waals surface area (Å²) in [7, 11) is 1.60. The summed E-state index contributed by atoms with van der Waals surface area (Å²) in [6, 6.07) is 9.80. The number of hydrogen-bond acceptors (Lipinski definition) is 6. The number of fused-ring (bicyclic) bond motifs is 3. The number of ether oxygens (including phenoxy) is 5. The molecule has 7 atom stereocenters. The molecule has 1 aromatic carbocycles. The number of hydrogen-bond donors (Lipinski definition) is 0. The van der Waals surface area contributed by atoms with Crippen LogP contribution in [0.4, 0.5) is 0 Å². The van der Waals surface area contributed by atoms with E-state index >= 15 is 0 Å². The third-order valence-electron chi connectivity index (χ3n) is 5.06. The number of methoxy groups -OCH3 is 1. The van der Waals surface area contributed by atoms with E-state index in [1.165, 1.54) is 0 Å². The number of carbonyl (C=O) groups is 1. The van der Waals surface area contributed by atoms with E-state index < -0.39 is 12.6 Å². The summed E-state index contributed by atoms with van der Waals surface area (Å²) in [5.74, 6) is -0.364. The highest BCUT2D eigenvalue weighted by atomic mass is 16.7. The van der Waals surface area contributed by atoms with Crippen molar-refractivity contribution in [3.05, 3.63) is 35.9 Å². The van der Waals surface area contributed by atoms with E-state index in [1.54, 1.807) is 7.11 Å². The van der Waals surface area contributed by atoms with Crippen molar-refractivity contribution in [2.24, 2.45) is 17.8 Å². The highest BCUT2D eigenvalue weighted by molar-refractivity contribution is 5.77. The van der Waals surface area contributed by atoms with Crippen LogP contribution in [0.3, 0.4) is 0 Å². The molecule has 0 bridgehead atoms. The van der Waals surface area contributed by atoms with Gasteiger partial charge in [0, 0.05) is 24.5 Å². The predicted molar refractivity (Wildman–Crippen MR) is 82.8 cm³/mol. The molecule has 6 heteroatoms. The van der Waals surface area contributed by atoms with Gasteiger partial charge in [-0.05, 0) is 6.92 Å². The molecule has 2 heterocycles. The molecule has 0 radical (unpaired) electrons. The molecule has 2 saturated heterocycles. The average Bonchev–Trinajstić information content (AvgIpc) is 3.38. The minimum atomic E-state index is -0.431. The third-order valence-corrected chi connectivity index (χ3v) is 5.06. The maximum atomic E-state index is 12.2. The fourth-order valence-corrected chi connectivity index (χ4v) is 3.95. The maximum Gasteiger partial charge on any atom is 0.309 e. The molecule has 1 saturated carbocycles. The first-order valence-electron chi connectivity index (χ1n) is 8.41. The summed E-state index contributed by atoms with van der Waals surface area (Å²) >= 11 is 0. The van der Waals surface area contributed by atoms with Gasteiger partial charge in [-0.1, -0.05) is 30.3 Å². The third kappa shape index (κ3) is 2.63. The second-order valence-electron chi connectivity index (χ2n) is 6.39. The fourth-order valence-electron chi connectivity index (χ4n) is 3.95. The lowest BCUT2D eigenvalue weighted by Crippen LogP contribution is -2.49. The van der Waals surface area contributed by atoms with Crippen LogP contribution in [0.2, 0.25) is 0 Å². The quantitative estimate of drug-likeness (QED) is 0.784. The van der Waals surface area contributed by atoms with Crippen molar-refractivity contribution in [2.75, 3.05) is 20.3 Å². The molecule has 0 N–H and O–H groups in total. The second kappa shape index (κ2) is 6.44. The van der Waals surface area contributed by atoms with Crippen LogP contribution in [-0.2, 0) is 28.5 Å². The molecule has 130 valence electrons. The van der Waals surface area contributed by atoms with Crippen LogP contribution in [0, 0.1) is 17.8 Å². The van der Waals surface area contributed by atoms with Gasteiger partial charge in [0.05, 0.1) is 25.2 Å². The van der Waals surface area contributed by atoms with Gasteiger partial charge in [-0.3, -0.25) is 4.79 Å². The van der Waals surface area contributed by atoms with Gasteiger partial charge in [0.15, 0.2) is 12.6 Å². The van der Waals surface area contributed by atoms with Gasteiger partial charge in [-0.2, -0.15) is 0 Å². The van der Waals surface area contributed by atoms with Crippen molar-refractivity contribution in [3.63, 3.8) is 0 Å². The molecular formula is C18H22O6. The highest BCUT2D eigenvalue weighted by Crippen LogP contribution is 2.58. The van der Waals surface area contributed by atoms with E-state index in [0.717, 1.165) is 5.56 Å². The molecule has 0 spiro atoms. The molecule has 4 rings (SSSR count). The Morgan fingerprint density at radius 2 is 2.00 bits per heavy atom. The molecule has 0 amide bonds. The fraction of sp³-hybridized carbons (Fsp3) is 0.611. The summed E-state index contributed by atoms with van der Waals surface area (Å²) in [4.78, 5) is 12.2. The summed E-state index contributed by atoms with van der Waals surface area (Å²) in [6.07, 6.45) is -1.25. The van der Waals surface area contributed by atoms with E-state index in [-0.39, 0.29) is 35.9 Å². The van der Waals surface area contributed by atoms with Crippen molar-refractivity contribution < 1.29 is 28.5 Å². The summed E-state index contributed by atoms with van der Waals surface area (Å²) in [6.45, 7) is 2.61. The molecule has 3 fully saturated rings. The molecule has 24 heavy (non-hydrogen) atoms. The van der Waals surface area contributed by atoms with Gasteiger partial charge < -0.3 is 23.7 Å². The average molecular weight is 334 g/mol. The first-order valence-corrected chi connectivity index (χ1v) is 8.41. The first kappa shape index (κ1) is 16.0. The van der Waals surface area contributed by atoms with Crippen molar-refractivity contribution >= 4 is 5.97 Å². The minimum absolute atomic E-state index is 0.00942. The van der Waals surface area contributed by atoms with Gasteiger partial charge in [0.25, 0.3) is 0 Å². The lowest BCUT2D eigenvalue weighted by molar-refractivity contribution is -0.316. The summed E-state index contributed by atoms with van der Waals surface area (Å²) in [5, 5.41) is 0. The van der Waals surface area contributed by atoms with Crippen LogP contribution >= 0.6 is 0 Å². The first-order chi connectivity index (χ1) is 11.7. The van der Waals surface area contributed by atoms with Crippen molar-refractivity contribution in [2.45, 2.75) is 31.7 Å². The summed E-state index contributed by atoms with van der Waals surface area (Å²) in [5.41, 5.74) is 0.967. The lowest BCUT2D eigenvalue weighted by Gasteiger charge is -2.41. The van der Waals surface area contributed by atoms with Gasteiger partial charge >= 0.3 is 5.97 Å². The number of carbonyl (C=O) groups excluding carboxylic acids is 1. The second-order valence-corrected chi connectivity index (χ2v) is 6.39. The maximum absolute atomic E-state index is 12.2. The number of esters is 1. The van der Waals surface area contributed by atoms with Crippen LogP contribution in [0.5, 0.6) is 0 Å². The van der Waals surface area contributed by atoms with Gasteiger partial charge in [0.2, 0.25) is 0 Å². The normalized spacial score (nSPS) is 40.3. The van der Waals surface area contributed by atoms with Crippen LogP contribution in [0.15, 0.2) is 30.3 Å². The monoisotopic (exact) mass is 334 g/mol. The van der Waals surface area contributed by atoms with E-state index in [4.69, 9.17) is 23.7 Å². The van der Waals surface area contributed by atoms with Gasteiger partial charge in [-0.25, -0.2) is 0 Å². The van der Waals surface area contributed by atoms with Crippen LogP contribution in [0.1, 0.15) is 18.8 Å². The van der Waals surface area contributed by atoms with Crippen LogP contribution in [0.25, 0.3) is 0 Å². The molecule has 1 unspecified atom stereocenters. The van der Waals surface area contributed by atoms with E-state index in [2.05, 4.69) is 0 Å². The van der Waals surface area contributed by atoms with Crippen LogP contribution < -0.4 is 0 Å². The zero-order valence-electron chi connectivity index (χ0n) is 13.8. The van der Waals surface area contributed by atoms with Gasteiger partial charge in [-0.15, -0.1) is 0 Å². The Kier molecular flexibility index (Phi) is 4.30. The number of benzene rings is 1. The molecule has 0 aromatic heterocycles. The molecule has 1 aromatic rings. The minimum Gasteiger partial charge on any atom is -0.466 e. The molecular weight excluding hydrogens is 312 g/mol. The molecule has 2 aliphatic heterocycles. The molecule has 1 aliphatic carbocycles. The van der Waals surface area contributed by atoms with Crippen molar-refractivity contribution in [3.8, 4) is 0 Å². The Hall–Kier alpha value is -1.47. The van der Waals surface area contributed by atoms with Crippen molar-refractivity contribution in [1.82, 2.24) is 0 Å². The zero-order chi connectivity index (χ0) is 16.7. The zero-order valence-corrected chi connectivity index (χ0v) is 13.8. The number of rotatable bonds is 4. The Bertz CT molecular complexity index is 590. The Balaban J connectivity index is 1.52. The van der Waals surface area contributed by atoms with Gasteiger partial charge in [0.1, 0.15) is 6.10 Å². The highest BCUT2D eigenvalue weighted by Gasteiger charge is 2.69. The molecule has 6 nitrogen and oxygen atoms in total. The predicted octanol–water partition coefficient (Wildman–Crippen LogP) is 1.90. The van der Waals surface area contributed by atoms with Crippen LogP contribution in [-0.4, -0.2) is 44.8 Å². The Morgan fingerprint density at radius 3 is 2.71 bits per heavy atom. The SMILES string of the molecule is CCOC(=O)[C@@H]1C2[C@H]1[C@@H](OC)O[C@@H]1CO[C@H](c3ccccc3)O[C@@H]21. The standard InChI is InChI=1S/C18H22O6/c1-3-21-16(19)13-12-14(13)18(20-2)23-11-9-22-17(24-15(11)12)10-7-5-4-6-8-10/h4-8,11-15,17-18H,3,9H2,1-2H3/t11-,12?,13-,14-,15-,17+,18+/m1/s1. The largest absolute Gasteiger partial charge is 0.466 e. The van der Waals surface area contributed by atoms with Crippen molar-refractivity contribution in [1.29, 1.82) is 0 Å². The Morgan fingerprint density at radius 1 is 1.21 bits per heavy atom.